The van der Waals surface area contributed by atoms with Crippen molar-refractivity contribution in [3.05, 3.63) is 41.2 Å². The second kappa shape index (κ2) is 7.06. The number of aromatic nitrogens is 4. The first-order chi connectivity index (χ1) is 11.9. The van der Waals surface area contributed by atoms with E-state index in [-0.39, 0.29) is 0 Å². The molecule has 0 aliphatic heterocycles. The molecule has 0 fully saturated rings. The van der Waals surface area contributed by atoms with Gasteiger partial charge in [0.05, 0.1) is 11.9 Å². The summed E-state index contributed by atoms with van der Waals surface area (Å²) in [6.45, 7) is 5.14. The van der Waals surface area contributed by atoms with Crippen LogP contribution in [0.1, 0.15) is 23.2 Å². The molecule has 1 aromatic carbocycles. The van der Waals surface area contributed by atoms with Crippen molar-refractivity contribution in [3.63, 3.8) is 0 Å². The summed E-state index contributed by atoms with van der Waals surface area (Å²) < 4.78 is 1.71. The van der Waals surface area contributed by atoms with E-state index in [2.05, 4.69) is 71.4 Å². The normalized spacial score (nSPS) is 11.4. The van der Waals surface area contributed by atoms with Crippen LogP contribution in [0.25, 0.3) is 5.65 Å². The first kappa shape index (κ1) is 17.2. The third-order valence-corrected chi connectivity index (χ3v) is 3.91. The van der Waals surface area contributed by atoms with E-state index in [9.17, 15) is 0 Å². The standard InChI is InChI=1S/C18H25N7/c1-12-8-13(2)10-15(9-12)21-18-22-17-16(19)20-14(11-25(17)23-18)6-5-7-24(3)4/h8-11H,5-7H2,1-4H3,(H2,19,20)(H,21,23). The van der Waals surface area contributed by atoms with Crippen LogP contribution in [0.4, 0.5) is 17.5 Å². The number of aryl methyl sites for hydroxylation is 3. The highest BCUT2D eigenvalue weighted by molar-refractivity contribution is 5.64. The van der Waals surface area contributed by atoms with Gasteiger partial charge in [-0.15, -0.1) is 5.10 Å². The zero-order valence-corrected chi connectivity index (χ0v) is 15.2. The van der Waals surface area contributed by atoms with Gasteiger partial charge >= 0.3 is 0 Å². The third kappa shape index (κ3) is 4.24. The highest BCUT2D eigenvalue weighted by Gasteiger charge is 2.10. The average Bonchev–Trinajstić information content (AvgIpc) is 2.88. The Morgan fingerprint density at radius 2 is 1.84 bits per heavy atom. The molecular weight excluding hydrogens is 314 g/mol. The molecule has 3 aromatic rings. The van der Waals surface area contributed by atoms with E-state index < -0.39 is 0 Å². The maximum atomic E-state index is 6.07. The monoisotopic (exact) mass is 339 g/mol. The number of nitrogens with zero attached hydrogens (tertiary/aromatic N) is 5. The molecule has 0 aliphatic rings. The predicted octanol–water partition coefficient (Wildman–Crippen LogP) is 2.56. The number of nitrogen functional groups attached to an aromatic ring is 1. The Hall–Kier alpha value is -2.67. The molecule has 0 spiro atoms. The Morgan fingerprint density at radius 1 is 1.12 bits per heavy atom. The van der Waals surface area contributed by atoms with Gasteiger partial charge in [-0.2, -0.15) is 4.98 Å². The van der Waals surface area contributed by atoms with E-state index in [0.717, 1.165) is 30.8 Å². The van der Waals surface area contributed by atoms with Crippen molar-refractivity contribution in [3.8, 4) is 0 Å². The Kier molecular flexibility index (Phi) is 4.85. The summed E-state index contributed by atoms with van der Waals surface area (Å²) in [4.78, 5) is 11.1. The quantitative estimate of drug-likeness (QED) is 0.718. The lowest BCUT2D eigenvalue weighted by Crippen LogP contribution is -2.14. The molecule has 0 unspecified atom stereocenters. The van der Waals surface area contributed by atoms with Crippen LogP contribution < -0.4 is 11.1 Å². The summed E-state index contributed by atoms with van der Waals surface area (Å²) in [5.41, 5.74) is 10.9. The lowest BCUT2D eigenvalue weighted by Gasteiger charge is -2.08. The van der Waals surface area contributed by atoms with Crippen molar-refractivity contribution in [1.29, 1.82) is 0 Å². The summed E-state index contributed by atoms with van der Waals surface area (Å²) in [7, 11) is 4.13. The molecule has 7 heteroatoms. The molecular formula is C18H25N7. The van der Waals surface area contributed by atoms with Crippen molar-refractivity contribution >= 4 is 23.1 Å². The van der Waals surface area contributed by atoms with Crippen LogP contribution in [0, 0.1) is 13.8 Å². The van der Waals surface area contributed by atoms with Crippen LogP contribution in [0.15, 0.2) is 24.4 Å². The van der Waals surface area contributed by atoms with E-state index in [0.29, 0.717) is 17.4 Å². The van der Waals surface area contributed by atoms with E-state index in [1.807, 2.05) is 6.20 Å². The lowest BCUT2D eigenvalue weighted by molar-refractivity contribution is 0.399. The van der Waals surface area contributed by atoms with Gasteiger partial charge in [-0.1, -0.05) is 6.07 Å². The topological polar surface area (TPSA) is 84.4 Å². The van der Waals surface area contributed by atoms with Crippen LogP contribution in [0.3, 0.4) is 0 Å². The van der Waals surface area contributed by atoms with Crippen LogP contribution >= 0.6 is 0 Å². The second-order valence-corrected chi connectivity index (χ2v) is 6.73. The van der Waals surface area contributed by atoms with Gasteiger partial charge < -0.3 is 16.0 Å². The number of hydrogen-bond donors (Lipinski definition) is 2. The fraction of sp³-hybridized carbons (Fsp3) is 0.389. The summed E-state index contributed by atoms with van der Waals surface area (Å²) >= 11 is 0. The van der Waals surface area contributed by atoms with E-state index in [4.69, 9.17) is 5.73 Å². The fourth-order valence-corrected chi connectivity index (χ4v) is 2.89. The van der Waals surface area contributed by atoms with Gasteiger partial charge in [0, 0.05) is 5.69 Å². The minimum Gasteiger partial charge on any atom is -0.381 e. The maximum absolute atomic E-state index is 6.07. The third-order valence-electron chi connectivity index (χ3n) is 3.91. The van der Waals surface area contributed by atoms with Gasteiger partial charge in [-0.3, -0.25) is 0 Å². The van der Waals surface area contributed by atoms with E-state index in [1.54, 1.807) is 4.52 Å². The van der Waals surface area contributed by atoms with Crippen molar-refractivity contribution in [2.75, 3.05) is 31.7 Å². The van der Waals surface area contributed by atoms with E-state index >= 15 is 0 Å². The number of nitrogens with two attached hydrogens (primary N) is 1. The smallest absolute Gasteiger partial charge is 0.247 e. The first-order valence-electron chi connectivity index (χ1n) is 8.42. The second-order valence-electron chi connectivity index (χ2n) is 6.73. The largest absolute Gasteiger partial charge is 0.381 e. The van der Waals surface area contributed by atoms with E-state index in [1.165, 1.54) is 11.1 Å². The Labute approximate surface area is 147 Å². The molecule has 0 atom stereocenters. The molecule has 0 saturated heterocycles. The molecule has 0 amide bonds. The number of anilines is 3. The minimum absolute atomic E-state index is 0.406. The zero-order valence-electron chi connectivity index (χ0n) is 15.2. The Morgan fingerprint density at radius 3 is 2.52 bits per heavy atom. The summed E-state index contributed by atoms with van der Waals surface area (Å²) in [5.74, 6) is 0.923. The summed E-state index contributed by atoms with van der Waals surface area (Å²) in [6, 6.07) is 6.25. The van der Waals surface area contributed by atoms with Crippen molar-refractivity contribution in [2.45, 2.75) is 26.7 Å². The predicted molar refractivity (Wildman–Crippen MR) is 101 cm³/mol. The highest BCUT2D eigenvalue weighted by atomic mass is 15.4. The molecule has 2 heterocycles. The van der Waals surface area contributed by atoms with Crippen LogP contribution in [-0.2, 0) is 6.42 Å². The lowest BCUT2D eigenvalue weighted by atomic mass is 10.1. The molecule has 3 rings (SSSR count). The number of hydrogen-bond acceptors (Lipinski definition) is 6. The molecule has 0 radical (unpaired) electrons. The van der Waals surface area contributed by atoms with Gasteiger partial charge in [-0.25, -0.2) is 9.50 Å². The van der Waals surface area contributed by atoms with Gasteiger partial charge in [0.1, 0.15) is 0 Å². The van der Waals surface area contributed by atoms with Crippen molar-refractivity contribution in [1.82, 2.24) is 24.5 Å². The van der Waals surface area contributed by atoms with Gasteiger partial charge in [0.15, 0.2) is 11.5 Å². The minimum atomic E-state index is 0.406. The molecule has 25 heavy (non-hydrogen) atoms. The molecule has 2 aromatic heterocycles. The van der Waals surface area contributed by atoms with Gasteiger partial charge in [0.2, 0.25) is 5.95 Å². The molecule has 132 valence electrons. The zero-order chi connectivity index (χ0) is 18.0. The van der Waals surface area contributed by atoms with Crippen LogP contribution in [-0.4, -0.2) is 45.1 Å². The molecule has 0 aliphatic carbocycles. The number of fused-ring (bicyclic) bond motifs is 1. The fourth-order valence-electron chi connectivity index (χ4n) is 2.89. The molecule has 0 bridgehead atoms. The highest BCUT2D eigenvalue weighted by Crippen LogP contribution is 2.19. The first-order valence-corrected chi connectivity index (χ1v) is 8.42. The Bertz CT molecular complexity index is 862. The number of rotatable bonds is 6. The molecule has 0 saturated carbocycles. The number of nitrogens with one attached hydrogen (secondary N) is 1. The molecule has 3 N–H and O–H groups in total. The summed E-state index contributed by atoms with van der Waals surface area (Å²) in [6.07, 6.45) is 3.78. The number of benzene rings is 1. The van der Waals surface area contributed by atoms with Gasteiger partial charge in [0.25, 0.3) is 0 Å². The van der Waals surface area contributed by atoms with Crippen molar-refractivity contribution in [2.24, 2.45) is 0 Å². The van der Waals surface area contributed by atoms with Crippen molar-refractivity contribution < 1.29 is 0 Å². The van der Waals surface area contributed by atoms with Crippen LogP contribution in [0.2, 0.25) is 0 Å². The average molecular weight is 339 g/mol. The maximum Gasteiger partial charge on any atom is 0.247 e. The summed E-state index contributed by atoms with van der Waals surface area (Å²) in [5, 5.41) is 7.74. The van der Waals surface area contributed by atoms with Crippen LogP contribution in [0.5, 0.6) is 0 Å². The SMILES string of the molecule is Cc1cc(C)cc(Nc2nc3c(N)nc(CCCN(C)C)cn3n2)c1. The molecule has 7 nitrogen and oxygen atoms in total. The van der Waals surface area contributed by atoms with Gasteiger partial charge in [-0.05, 0) is 70.6 Å². The Balaban J connectivity index is 1.82.